The Balaban J connectivity index is 1.36. The molecule has 4 fully saturated rings. The minimum atomic E-state index is -2.82. The second-order valence-corrected chi connectivity index (χ2v) is 11.2. The van der Waals surface area contributed by atoms with Crippen molar-refractivity contribution in [3.8, 4) is 0 Å². The van der Waals surface area contributed by atoms with Crippen LogP contribution in [0.25, 0.3) is 0 Å². The molecule has 4 aliphatic rings. The molecule has 2 N–H and O–H groups in total. The third kappa shape index (κ3) is 4.71. The highest BCUT2D eigenvalue weighted by Crippen LogP contribution is 2.33. The fraction of sp³-hybridized carbons (Fsp3) is 0.947. The summed E-state index contributed by atoms with van der Waals surface area (Å²) < 4.78 is 23.4. The number of aliphatic imine (C=N–C) groups is 1. The standard InChI is InChI=1S/C19H34N4O2S/c1-14-10-17(12-23(14)18-6-7-18)22-19(21-16-4-2-3-5-16)20-11-15-8-9-26(24,25)13-15/h14-18H,2-13H2,1H3,(H2,20,21,22). The molecule has 2 saturated heterocycles. The van der Waals surface area contributed by atoms with Gasteiger partial charge in [0.2, 0.25) is 0 Å². The van der Waals surface area contributed by atoms with E-state index in [0.29, 0.717) is 36.2 Å². The van der Waals surface area contributed by atoms with Crippen LogP contribution >= 0.6 is 0 Å². The number of sulfone groups is 1. The molecular weight excluding hydrogens is 348 g/mol. The molecule has 2 heterocycles. The lowest BCUT2D eigenvalue weighted by atomic mass is 10.1. The van der Waals surface area contributed by atoms with Crippen molar-refractivity contribution in [2.75, 3.05) is 24.6 Å². The Kier molecular flexibility index (Phi) is 5.46. The molecule has 2 saturated carbocycles. The third-order valence-corrected chi connectivity index (χ3v) is 8.35. The van der Waals surface area contributed by atoms with Crippen LogP contribution < -0.4 is 10.6 Å². The zero-order chi connectivity index (χ0) is 18.1. The number of guanidine groups is 1. The molecule has 3 unspecified atom stereocenters. The number of hydrogen-bond acceptors (Lipinski definition) is 4. The van der Waals surface area contributed by atoms with Crippen LogP contribution in [-0.2, 0) is 9.84 Å². The number of rotatable bonds is 5. The van der Waals surface area contributed by atoms with E-state index in [9.17, 15) is 8.42 Å². The first kappa shape index (κ1) is 18.5. The van der Waals surface area contributed by atoms with Gasteiger partial charge < -0.3 is 10.6 Å². The second kappa shape index (κ2) is 7.66. The molecule has 0 radical (unpaired) electrons. The molecule has 2 aliphatic heterocycles. The molecule has 2 aliphatic carbocycles. The van der Waals surface area contributed by atoms with Crippen LogP contribution in [0.2, 0.25) is 0 Å². The van der Waals surface area contributed by atoms with E-state index in [1.165, 1.54) is 44.9 Å². The van der Waals surface area contributed by atoms with E-state index in [0.717, 1.165) is 25.0 Å². The van der Waals surface area contributed by atoms with Gasteiger partial charge >= 0.3 is 0 Å². The second-order valence-electron chi connectivity index (χ2n) is 8.94. The van der Waals surface area contributed by atoms with Gasteiger partial charge in [-0.05, 0) is 51.4 Å². The Bertz CT molecular complexity index is 625. The zero-order valence-electron chi connectivity index (χ0n) is 16.0. The van der Waals surface area contributed by atoms with Crippen molar-refractivity contribution >= 4 is 15.8 Å². The SMILES string of the molecule is CC1CC(NC(=NCC2CCS(=O)(=O)C2)NC2CCCC2)CN1C1CC1. The quantitative estimate of drug-likeness (QED) is 0.557. The summed E-state index contributed by atoms with van der Waals surface area (Å²) in [5, 5.41) is 7.31. The van der Waals surface area contributed by atoms with Gasteiger partial charge in [0.25, 0.3) is 0 Å². The van der Waals surface area contributed by atoms with Crippen molar-refractivity contribution in [1.29, 1.82) is 0 Å². The van der Waals surface area contributed by atoms with Gasteiger partial charge in [-0.1, -0.05) is 12.8 Å². The first-order valence-electron chi connectivity index (χ1n) is 10.5. The summed E-state index contributed by atoms with van der Waals surface area (Å²) in [6.45, 7) is 4.06. The summed E-state index contributed by atoms with van der Waals surface area (Å²) >= 11 is 0. The molecule has 0 aromatic heterocycles. The van der Waals surface area contributed by atoms with Gasteiger partial charge in [0.1, 0.15) is 0 Å². The Morgan fingerprint density at radius 3 is 2.46 bits per heavy atom. The molecule has 3 atom stereocenters. The lowest BCUT2D eigenvalue weighted by molar-refractivity contribution is 0.256. The topological polar surface area (TPSA) is 73.8 Å². The highest BCUT2D eigenvalue weighted by molar-refractivity contribution is 7.91. The van der Waals surface area contributed by atoms with Gasteiger partial charge in [-0.15, -0.1) is 0 Å². The fourth-order valence-electron chi connectivity index (χ4n) is 4.90. The minimum Gasteiger partial charge on any atom is -0.354 e. The Hall–Kier alpha value is -0.820. The van der Waals surface area contributed by atoms with Crippen LogP contribution in [-0.4, -0.2) is 68.0 Å². The van der Waals surface area contributed by atoms with E-state index in [4.69, 9.17) is 4.99 Å². The lowest BCUT2D eigenvalue weighted by Crippen LogP contribution is -2.48. The molecular formula is C19H34N4O2S. The van der Waals surface area contributed by atoms with Gasteiger partial charge in [-0.25, -0.2) is 8.42 Å². The summed E-state index contributed by atoms with van der Waals surface area (Å²) in [7, 11) is -2.82. The van der Waals surface area contributed by atoms with Crippen LogP contribution in [0.5, 0.6) is 0 Å². The average Bonchev–Trinajstić information content (AvgIpc) is 2.99. The maximum Gasteiger partial charge on any atom is 0.191 e. The Morgan fingerprint density at radius 1 is 1.08 bits per heavy atom. The maximum atomic E-state index is 11.7. The molecule has 0 bridgehead atoms. The first-order chi connectivity index (χ1) is 12.5. The Morgan fingerprint density at radius 2 is 1.81 bits per heavy atom. The molecule has 7 heteroatoms. The first-order valence-corrected chi connectivity index (χ1v) is 12.3. The normalized spacial score (nSPS) is 35.9. The number of nitrogens with zero attached hydrogens (tertiary/aromatic N) is 2. The molecule has 0 aromatic carbocycles. The number of likely N-dealkylation sites (tertiary alicyclic amines) is 1. The predicted molar refractivity (Wildman–Crippen MR) is 105 cm³/mol. The largest absolute Gasteiger partial charge is 0.354 e. The molecule has 0 amide bonds. The van der Waals surface area contributed by atoms with Crippen LogP contribution in [0, 0.1) is 5.92 Å². The van der Waals surface area contributed by atoms with Crippen molar-refractivity contribution in [3.05, 3.63) is 0 Å². The number of hydrogen-bond donors (Lipinski definition) is 2. The van der Waals surface area contributed by atoms with Crippen molar-refractivity contribution in [2.24, 2.45) is 10.9 Å². The summed E-state index contributed by atoms with van der Waals surface area (Å²) in [5.41, 5.74) is 0. The monoisotopic (exact) mass is 382 g/mol. The smallest absolute Gasteiger partial charge is 0.191 e. The van der Waals surface area contributed by atoms with Crippen LogP contribution in [0.3, 0.4) is 0 Å². The van der Waals surface area contributed by atoms with E-state index in [-0.39, 0.29) is 5.92 Å². The van der Waals surface area contributed by atoms with Gasteiger partial charge in [0.05, 0.1) is 11.5 Å². The molecule has 26 heavy (non-hydrogen) atoms. The maximum absolute atomic E-state index is 11.7. The minimum absolute atomic E-state index is 0.188. The van der Waals surface area contributed by atoms with Crippen molar-refractivity contribution in [3.63, 3.8) is 0 Å². The lowest BCUT2D eigenvalue weighted by Gasteiger charge is -2.22. The van der Waals surface area contributed by atoms with Crippen LogP contribution in [0.4, 0.5) is 0 Å². The van der Waals surface area contributed by atoms with E-state index in [1.54, 1.807) is 0 Å². The van der Waals surface area contributed by atoms with Crippen molar-refractivity contribution in [2.45, 2.75) is 82.5 Å². The summed E-state index contributed by atoms with van der Waals surface area (Å²) in [5.74, 6) is 1.75. The molecule has 6 nitrogen and oxygen atoms in total. The van der Waals surface area contributed by atoms with Gasteiger partial charge in [0, 0.05) is 37.3 Å². The van der Waals surface area contributed by atoms with Gasteiger partial charge in [0.15, 0.2) is 15.8 Å². The van der Waals surface area contributed by atoms with Gasteiger partial charge in [-0.2, -0.15) is 0 Å². The number of nitrogens with one attached hydrogen (secondary N) is 2. The van der Waals surface area contributed by atoms with E-state index < -0.39 is 9.84 Å². The molecule has 148 valence electrons. The van der Waals surface area contributed by atoms with Crippen LogP contribution in [0.15, 0.2) is 4.99 Å². The molecule has 4 rings (SSSR count). The zero-order valence-corrected chi connectivity index (χ0v) is 16.8. The van der Waals surface area contributed by atoms with E-state index in [2.05, 4.69) is 22.5 Å². The average molecular weight is 383 g/mol. The van der Waals surface area contributed by atoms with E-state index in [1.807, 2.05) is 0 Å². The summed E-state index contributed by atoms with van der Waals surface area (Å²) in [4.78, 5) is 7.47. The molecule has 0 aromatic rings. The fourth-order valence-corrected chi connectivity index (χ4v) is 6.75. The highest BCUT2D eigenvalue weighted by Gasteiger charge is 2.39. The predicted octanol–water partition coefficient (Wildman–Crippen LogP) is 1.52. The summed E-state index contributed by atoms with van der Waals surface area (Å²) in [6, 6.07) is 2.42. The Labute approximate surface area is 158 Å². The van der Waals surface area contributed by atoms with E-state index >= 15 is 0 Å². The van der Waals surface area contributed by atoms with Gasteiger partial charge in [-0.3, -0.25) is 9.89 Å². The highest BCUT2D eigenvalue weighted by atomic mass is 32.2. The van der Waals surface area contributed by atoms with Crippen LogP contribution in [0.1, 0.15) is 58.3 Å². The third-order valence-electron chi connectivity index (χ3n) is 6.51. The molecule has 0 spiro atoms. The van der Waals surface area contributed by atoms with Crippen molar-refractivity contribution in [1.82, 2.24) is 15.5 Å². The summed E-state index contributed by atoms with van der Waals surface area (Å²) in [6.07, 6.45) is 9.66. The van der Waals surface area contributed by atoms with Crippen molar-refractivity contribution < 1.29 is 8.42 Å².